The van der Waals surface area contributed by atoms with Crippen LogP contribution in [0, 0.1) is 11.3 Å². The highest BCUT2D eigenvalue weighted by Crippen LogP contribution is 2.32. The number of rotatable bonds is 43. The monoisotopic (exact) mass is 1260 g/mol. The topological polar surface area (TPSA) is 394 Å². The van der Waals surface area contributed by atoms with Crippen LogP contribution in [-0.2, 0) is 43.2 Å². The predicted octanol–water partition coefficient (Wildman–Crippen LogP) is 0.399. The molecule has 2 aliphatic heterocycles. The second kappa shape index (κ2) is 35.7. The van der Waals surface area contributed by atoms with Gasteiger partial charge in [-0.3, -0.25) is 72.9 Å². The van der Waals surface area contributed by atoms with Crippen LogP contribution in [0.2, 0.25) is 0 Å². The number of carboxylic acid groups (broad SMARTS) is 4. The van der Waals surface area contributed by atoms with E-state index in [1.807, 2.05) is 4.90 Å². The zero-order valence-electron chi connectivity index (χ0n) is 51.4. The summed E-state index contributed by atoms with van der Waals surface area (Å²) in [6.07, 6.45) is 1.85. The number of Topliss-reactive ketones (excluding diaryl/α,β-unsaturated/α-hetero) is 2. The largest absolute Gasteiger partial charge is 0.494 e. The van der Waals surface area contributed by atoms with Gasteiger partial charge in [0.2, 0.25) is 17.7 Å². The van der Waals surface area contributed by atoms with E-state index in [-0.39, 0.29) is 127 Å². The molecule has 5 atom stereocenters. The number of carboxylic acids is 4. The Morgan fingerprint density at radius 3 is 2.15 bits per heavy atom. The van der Waals surface area contributed by atoms with Crippen LogP contribution in [0.15, 0.2) is 30.5 Å². The summed E-state index contributed by atoms with van der Waals surface area (Å²) >= 11 is 0. The molecule has 1 aromatic carbocycles. The van der Waals surface area contributed by atoms with Gasteiger partial charge in [-0.15, -0.1) is 0 Å². The molecule has 0 spiro atoms. The van der Waals surface area contributed by atoms with E-state index in [1.54, 1.807) is 57.0 Å². The predicted molar refractivity (Wildman–Crippen MR) is 318 cm³/mol. The maximum absolute atomic E-state index is 14.5. The number of likely N-dealkylation sites (tertiary alicyclic amines) is 2. The van der Waals surface area contributed by atoms with E-state index < -0.39 is 115 Å². The molecular weight excluding hydrogens is 1170 g/mol. The van der Waals surface area contributed by atoms with E-state index in [4.69, 9.17) is 14.9 Å². The molecule has 4 unspecified atom stereocenters. The van der Waals surface area contributed by atoms with E-state index in [0.29, 0.717) is 55.5 Å². The van der Waals surface area contributed by atoms with Gasteiger partial charge in [0.05, 0.1) is 74.6 Å². The second-order valence-electron chi connectivity index (χ2n) is 22.7. The quantitative estimate of drug-likeness (QED) is 0.0402. The summed E-state index contributed by atoms with van der Waals surface area (Å²) in [6.45, 7) is 5.24. The molecule has 28 nitrogen and oxygen atoms in total. The summed E-state index contributed by atoms with van der Waals surface area (Å²) in [5, 5.41) is 73.1. The van der Waals surface area contributed by atoms with Gasteiger partial charge in [0.25, 0.3) is 11.8 Å². The summed E-state index contributed by atoms with van der Waals surface area (Å²) in [5.41, 5.74) is -2.62. The molecule has 0 bridgehead atoms. The number of carbonyl (C=O) groups excluding carboxylic acids is 6. The van der Waals surface area contributed by atoms with Crippen molar-refractivity contribution in [3.63, 3.8) is 0 Å². The lowest BCUT2D eigenvalue weighted by Gasteiger charge is -2.38. The molecule has 0 radical (unpaired) electrons. The molecule has 494 valence electrons. The number of carbonyl (C=O) groups is 10. The Morgan fingerprint density at radius 2 is 1.52 bits per heavy atom. The molecule has 2 aliphatic rings. The molecule has 2 aromatic rings. The average molecular weight is 1260 g/mol. The van der Waals surface area contributed by atoms with Gasteiger partial charge in [-0.2, -0.15) is 5.26 Å². The summed E-state index contributed by atoms with van der Waals surface area (Å²) in [5.74, 6) is -10.6. The van der Waals surface area contributed by atoms with E-state index in [0.717, 1.165) is 4.90 Å². The van der Waals surface area contributed by atoms with Crippen LogP contribution in [0.4, 0.5) is 8.78 Å². The summed E-state index contributed by atoms with van der Waals surface area (Å²) in [6, 6.07) is 4.14. The van der Waals surface area contributed by atoms with Crippen molar-refractivity contribution < 1.29 is 87.0 Å². The van der Waals surface area contributed by atoms with Crippen LogP contribution in [-0.4, -0.2) is 267 Å². The highest BCUT2D eigenvalue weighted by molar-refractivity contribution is 6.07. The van der Waals surface area contributed by atoms with Gasteiger partial charge in [0.1, 0.15) is 23.4 Å². The van der Waals surface area contributed by atoms with Crippen molar-refractivity contribution >= 4 is 70.0 Å². The van der Waals surface area contributed by atoms with E-state index in [2.05, 4.69) is 31.6 Å². The Hall–Kier alpha value is -7.40. The lowest BCUT2D eigenvalue weighted by atomic mass is 9.81. The van der Waals surface area contributed by atoms with Crippen molar-refractivity contribution in [2.24, 2.45) is 0 Å². The van der Waals surface area contributed by atoms with Crippen molar-refractivity contribution in [3.05, 3.63) is 36.0 Å². The number of nitriles is 1. The first-order valence-electron chi connectivity index (χ1n) is 30.0. The Bertz CT molecular complexity index is 2820. The maximum Gasteiger partial charge on any atom is 0.320 e. The van der Waals surface area contributed by atoms with E-state index >= 15 is 0 Å². The number of hydrogen-bond acceptors (Lipinski definition) is 20. The molecule has 0 saturated carbocycles. The summed E-state index contributed by atoms with van der Waals surface area (Å²) in [7, 11) is 1.78. The number of aromatic nitrogens is 1. The fraction of sp³-hybridized carbons (Fsp3) is 0.661. The van der Waals surface area contributed by atoms with Gasteiger partial charge in [0.15, 0.2) is 11.6 Å². The number of aliphatic hydroxyl groups is 1. The molecule has 3 heterocycles. The van der Waals surface area contributed by atoms with Crippen LogP contribution in [0.3, 0.4) is 0 Å². The first-order chi connectivity index (χ1) is 42.1. The number of pyridine rings is 1. The Kier molecular flexibility index (Phi) is 29.7. The zero-order valence-corrected chi connectivity index (χ0v) is 51.4. The Morgan fingerprint density at radius 1 is 0.831 bits per heavy atom. The smallest absolute Gasteiger partial charge is 0.320 e. The number of nitrogens with one attached hydrogen (secondary N) is 5. The van der Waals surface area contributed by atoms with Crippen molar-refractivity contribution in [2.45, 2.75) is 140 Å². The van der Waals surface area contributed by atoms with Crippen molar-refractivity contribution in [1.82, 2.24) is 56.1 Å². The van der Waals surface area contributed by atoms with E-state index in [1.165, 1.54) is 29.0 Å². The molecule has 0 aliphatic carbocycles. The van der Waals surface area contributed by atoms with Crippen molar-refractivity contribution in [1.29, 1.82) is 5.26 Å². The summed E-state index contributed by atoms with van der Waals surface area (Å²) in [4.78, 5) is 140. The number of unbranched alkanes of at least 4 members (excludes halogenated alkanes) is 1. The van der Waals surface area contributed by atoms with E-state index in [9.17, 15) is 77.3 Å². The molecule has 1 aromatic heterocycles. The number of halogens is 2. The molecule has 89 heavy (non-hydrogen) atoms. The Labute approximate surface area is 516 Å². The number of ketones is 2. The number of likely N-dealkylation sites (N-methyl/N-ethyl adjacent to an activating group) is 1. The number of ether oxygens (including phenoxy) is 1. The minimum Gasteiger partial charge on any atom is -0.494 e. The fourth-order valence-corrected chi connectivity index (χ4v) is 10.8. The first-order valence-corrected chi connectivity index (χ1v) is 30.0. The molecule has 4 amide bonds. The van der Waals surface area contributed by atoms with Crippen LogP contribution in [0.25, 0.3) is 10.9 Å². The van der Waals surface area contributed by atoms with Crippen LogP contribution in [0.1, 0.15) is 109 Å². The number of hydrogen-bond donors (Lipinski definition) is 10. The van der Waals surface area contributed by atoms with Gasteiger partial charge in [-0.05, 0) is 89.6 Å². The van der Waals surface area contributed by atoms with Crippen molar-refractivity contribution in [3.8, 4) is 11.8 Å². The third-order valence-electron chi connectivity index (χ3n) is 16.3. The molecule has 2 saturated heterocycles. The lowest BCUT2D eigenvalue weighted by molar-refractivity contribution is -0.145. The normalized spacial score (nSPS) is 17.1. The Balaban J connectivity index is 1.29. The average Bonchev–Trinajstić information content (AvgIpc) is 2.60. The molecule has 10 N–H and O–H groups in total. The number of amides is 4. The highest BCUT2D eigenvalue weighted by Gasteiger charge is 2.47. The molecule has 2 fully saturated rings. The fourth-order valence-electron chi connectivity index (χ4n) is 10.8. The lowest BCUT2D eigenvalue weighted by Crippen LogP contribution is -2.60. The molecular formula is C59H88F2N12O16. The maximum atomic E-state index is 14.5. The molecule has 4 rings (SSSR count). The minimum absolute atomic E-state index is 0.00714. The first kappa shape index (κ1) is 74.1. The van der Waals surface area contributed by atoms with Crippen LogP contribution < -0.4 is 31.3 Å². The minimum atomic E-state index is -3.20. The van der Waals surface area contributed by atoms with Gasteiger partial charge in [0, 0.05) is 95.8 Å². The standard InChI is InChI=1S/C59H88F2N12O16/c1-6-57(4,88)54(84)45(68-58(7-2,8-3)47(74)15-14-46(56(86)87)71(25-22-64-34-52(80)81)27-26-70(37-53(82)83)24-21-63-33-51(78)79)13-16-49(76)72-23-18-39(35-72)69(5)36-48(75)66-19-9-10-28-89-41-11-12-44-43(29-41)42(17-20-65-44)55(85)67-32-50(77)73-38-59(60,61)30-40(73)31-62/h11-12,17,20,29,39-40,45-46,63-64,68,88H,6-10,13-16,18-19,21-28,30,32-38H2,1-5H3,(H,66,75)(H,67,85)(H,78,79)(H,80,81)(H,82,83)(H,86,87)/t39?,40-,45?,46?,57?/m0/s1. The van der Waals surface area contributed by atoms with Gasteiger partial charge in [-0.25, -0.2) is 8.78 Å². The van der Waals surface area contributed by atoms with Gasteiger partial charge in [-0.1, -0.05) is 20.8 Å². The van der Waals surface area contributed by atoms with Gasteiger partial charge < -0.3 is 61.3 Å². The third kappa shape index (κ3) is 23.5. The van der Waals surface area contributed by atoms with Gasteiger partial charge >= 0.3 is 23.9 Å². The molecule has 30 heteroatoms. The zero-order chi connectivity index (χ0) is 66.1. The number of aliphatic carboxylic acids is 4. The third-order valence-corrected chi connectivity index (χ3v) is 16.3. The number of nitrogens with zero attached hydrogens (tertiary/aromatic N) is 7. The number of benzene rings is 1. The second-order valence-corrected chi connectivity index (χ2v) is 22.7. The van der Waals surface area contributed by atoms with Crippen molar-refractivity contribution in [2.75, 3.05) is 112 Å². The SMILES string of the molecule is CCC(C)(O)C(=O)C(CCC(=O)N1CCC(N(C)CC(=O)NCCCCOc2ccc3nccc(C(=O)NCC(=O)N4CC(F)(F)C[C@H]4C#N)c3c2)C1)NC(CC)(CC)C(=O)CCC(C(=O)O)N(CCNCC(=O)O)CCN(CCNCC(=O)O)CC(=O)O. The highest BCUT2D eigenvalue weighted by atomic mass is 19.3. The van der Waals surface area contributed by atoms with Crippen LogP contribution >= 0.6 is 0 Å². The van der Waals surface area contributed by atoms with Crippen LogP contribution in [0.5, 0.6) is 5.75 Å². The number of fused-ring (bicyclic) bond motifs is 1. The summed E-state index contributed by atoms with van der Waals surface area (Å²) < 4.78 is 33.7. The number of alkyl halides is 2.